The van der Waals surface area contributed by atoms with Crippen molar-refractivity contribution in [2.75, 3.05) is 6.61 Å². The second-order valence-electron chi connectivity index (χ2n) is 4.26. The van der Waals surface area contributed by atoms with Gasteiger partial charge in [0.05, 0.1) is 25.2 Å². The minimum atomic E-state index is -1.02. The molecule has 0 spiro atoms. The van der Waals surface area contributed by atoms with Crippen molar-refractivity contribution in [2.45, 2.75) is 58.3 Å². The molecule has 0 aromatic carbocycles. The van der Waals surface area contributed by atoms with Gasteiger partial charge in [0.2, 0.25) is 0 Å². The first-order valence-electron chi connectivity index (χ1n) is 6.82. The van der Waals surface area contributed by atoms with Gasteiger partial charge in [-0.05, 0) is 6.42 Å². The minimum Gasteiger partial charge on any atom is -0.481 e. The quantitative estimate of drug-likeness (QED) is 0.337. The molecule has 0 aromatic rings. The van der Waals surface area contributed by atoms with Crippen LogP contribution >= 0.6 is 0 Å². The van der Waals surface area contributed by atoms with Crippen molar-refractivity contribution in [2.24, 2.45) is 0 Å². The number of aliphatic carboxylic acids is 1. The van der Waals surface area contributed by atoms with E-state index in [1.807, 2.05) is 13.8 Å². The predicted molar refractivity (Wildman–Crippen MR) is 73.0 cm³/mol. The molecule has 0 aliphatic carbocycles. The van der Waals surface area contributed by atoms with Gasteiger partial charge in [0, 0.05) is 6.42 Å². The van der Waals surface area contributed by atoms with Crippen molar-refractivity contribution in [3.05, 3.63) is 12.8 Å². The van der Waals surface area contributed by atoms with E-state index in [0.717, 1.165) is 12.8 Å². The first-order chi connectivity index (χ1) is 9.53. The predicted octanol–water partition coefficient (Wildman–Crippen LogP) is 2.48. The molecule has 0 heterocycles. The zero-order valence-corrected chi connectivity index (χ0v) is 12.2. The SMILES string of the molecule is C=COC(CCC)OC(CC)COC(=O)CCC(=O)O. The van der Waals surface area contributed by atoms with Crippen LogP contribution in [0.4, 0.5) is 0 Å². The van der Waals surface area contributed by atoms with Gasteiger partial charge >= 0.3 is 11.9 Å². The zero-order chi connectivity index (χ0) is 15.4. The van der Waals surface area contributed by atoms with Crippen LogP contribution in [-0.4, -0.2) is 36.0 Å². The Kier molecular flexibility index (Phi) is 10.4. The van der Waals surface area contributed by atoms with Gasteiger partial charge in [-0.3, -0.25) is 9.59 Å². The van der Waals surface area contributed by atoms with E-state index in [-0.39, 0.29) is 25.6 Å². The molecule has 0 amide bonds. The molecule has 6 nitrogen and oxygen atoms in total. The Hall–Kier alpha value is -1.56. The lowest BCUT2D eigenvalue weighted by molar-refractivity contribution is -0.171. The fourth-order valence-electron chi connectivity index (χ4n) is 1.45. The Morgan fingerprint density at radius 1 is 1.30 bits per heavy atom. The van der Waals surface area contributed by atoms with Gasteiger partial charge in [-0.2, -0.15) is 0 Å². The van der Waals surface area contributed by atoms with Crippen LogP contribution in [0.25, 0.3) is 0 Å². The van der Waals surface area contributed by atoms with E-state index in [1.165, 1.54) is 6.26 Å². The molecule has 0 aliphatic heterocycles. The number of carboxylic acids is 1. The minimum absolute atomic E-state index is 0.0929. The topological polar surface area (TPSA) is 82.1 Å². The van der Waals surface area contributed by atoms with E-state index in [1.54, 1.807) is 0 Å². The molecule has 0 fully saturated rings. The van der Waals surface area contributed by atoms with E-state index in [2.05, 4.69) is 6.58 Å². The van der Waals surface area contributed by atoms with Crippen LogP contribution in [0.3, 0.4) is 0 Å². The molecule has 2 unspecified atom stereocenters. The highest BCUT2D eigenvalue weighted by atomic mass is 16.7. The molecular weight excluding hydrogens is 264 g/mol. The molecule has 0 bridgehead atoms. The summed E-state index contributed by atoms with van der Waals surface area (Å²) in [5, 5.41) is 8.46. The van der Waals surface area contributed by atoms with E-state index < -0.39 is 18.2 Å². The summed E-state index contributed by atoms with van der Waals surface area (Å²) in [7, 11) is 0. The molecular formula is C14H24O6. The number of hydrogen-bond acceptors (Lipinski definition) is 5. The summed E-state index contributed by atoms with van der Waals surface area (Å²) in [6.07, 6.45) is 2.56. The average Bonchev–Trinajstić information content (AvgIpc) is 2.41. The standard InChI is InChI=1S/C14H24O6/c1-4-7-14(18-6-3)20-11(5-2)10-19-13(17)9-8-12(15)16/h6,11,14H,3-5,7-10H2,1-2H3,(H,15,16). The van der Waals surface area contributed by atoms with Crippen molar-refractivity contribution >= 4 is 11.9 Å². The Balaban J connectivity index is 4.09. The summed E-state index contributed by atoms with van der Waals surface area (Å²) in [5.41, 5.74) is 0. The Morgan fingerprint density at radius 3 is 2.50 bits per heavy atom. The Morgan fingerprint density at radius 2 is 2.00 bits per heavy atom. The van der Waals surface area contributed by atoms with Crippen LogP contribution in [0, 0.1) is 0 Å². The average molecular weight is 288 g/mol. The molecule has 1 N–H and O–H groups in total. The van der Waals surface area contributed by atoms with Gasteiger partial charge < -0.3 is 19.3 Å². The van der Waals surface area contributed by atoms with Crippen molar-refractivity contribution in [3.8, 4) is 0 Å². The maximum atomic E-state index is 11.3. The molecule has 20 heavy (non-hydrogen) atoms. The lowest BCUT2D eigenvalue weighted by Crippen LogP contribution is -2.28. The lowest BCUT2D eigenvalue weighted by atomic mass is 10.2. The third-order valence-corrected chi connectivity index (χ3v) is 2.55. The van der Waals surface area contributed by atoms with Crippen molar-refractivity contribution < 1.29 is 28.9 Å². The first kappa shape index (κ1) is 18.4. The van der Waals surface area contributed by atoms with Gasteiger partial charge in [0.1, 0.15) is 6.61 Å². The largest absolute Gasteiger partial charge is 0.481 e. The lowest BCUT2D eigenvalue weighted by Gasteiger charge is -2.23. The zero-order valence-electron chi connectivity index (χ0n) is 12.2. The second-order valence-corrected chi connectivity index (χ2v) is 4.26. The van der Waals surface area contributed by atoms with Gasteiger partial charge in [-0.15, -0.1) is 0 Å². The summed E-state index contributed by atoms with van der Waals surface area (Å²) < 4.78 is 15.9. The number of esters is 1. The highest BCUT2D eigenvalue weighted by Crippen LogP contribution is 2.11. The molecule has 0 saturated heterocycles. The maximum absolute atomic E-state index is 11.3. The molecule has 2 atom stereocenters. The van der Waals surface area contributed by atoms with Crippen LogP contribution in [-0.2, 0) is 23.8 Å². The third-order valence-electron chi connectivity index (χ3n) is 2.55. The number of carboxylic acid groups (broad SMARTS) is 1. The number of ether oxygens (including phenoxy) is 3. The highest BCUT2D eigenvalue weighted by Gasteiger charge is 2.17. The number of carbonyl (C=O) groups is 2. The van der Waals surface area contributed by atoms with Crippen molar-refractivity contribution in [3.63, 3.8) is 0 Å². The van der Waals surface area contributed by atoms with Gasteiger partial charge in [0.15, 0.2) is 6.29 Å². The molecule has 0 saturated carbocycles. The van der Waals surface area contributed by atoms with E-state index in [4.69, 9.17) is 19.3 Å². The summed E-state index contributed by atoms with van der Waals surface area (Å²) in [4.78, 5) is 21.6. The fourth-order valence-corrected chi connectivity index (χ4v) is 1.45. The number of rotatable bonds is 12. The van der Waals surface area contributed by atoms with E-state index in [9.17, 15) is 9.59 Å². The smallest absolute Gasteiger partial charge is 0.306 e. The molecule has 0 aliphatic rings. The van der Waals surface area contributed by atoms with Crippen molar-refractivity contribution in [1.82, 2.24) is 0 Å². The van der Waals surface area contributed by atoms with Crippen LogP contribution in [0.1, 0.15) is 46.0 Å². The van der Waals surface area contributed by atoms with E-state index in [0.29, 0.717) is 6.42 Å². The molecule has 116 valence electrons. The first-order valence-corrected chi connectivity index (χ1v) is 6.82. The van der Waals surface area contributed by atoms with Gasteiger partial charge in [-0.1, -0.05) is 26.8 Å². The summed E-state index contributed by atoms with van der Waals surface area (Å²) >= 11 is 0. The van der Waals surface area contributed by atoms with Crippen molar-refractivity contribution in [1.29, 1.82) is 0 Å². The fraction of sp³-hybridized carbons (Fsp3) is 0.714. The normalized spacial score (nSPS) is 13.3. The summed E-state index contributed by atoms with van der Waals surface area (Å²) in [6.45, 7) is 7.50. The monoisotopic (exact) mass is 288 g/mol. The number of hydrogen-bond donors (Lipinski definition) is 1. The van der Waals surface area contributed by atoms with Gasteiger partial charge in [0.25, 0.3) is 0 Å². The maximum Gasteiger partial charge on any atom is 0.306 e. The van der Waals surface area contributed by atoms with Crippen LogP contribution in [0.2, 0.25) is 0 Å². The summed E-state index contributed by atoms with van der Waals surface area (Å²) in [5.74, 6) is -1.56. The molecule has 0 rings (SSSR count). The summed E-state index contributed by atoms with van der Waals surface area (Å²) in [6, 6.07) is 0. The number of carbonyl (C=O) groups excluding carboxylic acids is 1. The highest BCUT2D eigenvalue weighted by molar-refractivity contribution is 5.76. The second kappa shape index (κ2) is 11.3. The Labute approximate surface area is 119 Å². The molecule has 0 radical (unpaired) electrons. The molecule has 0 aromatic heterocycles. The van der Waals surface area contributed by atoms with E-state index >= 15 is 0 Å². The third kappa shape index (κ3) is 9.38. The van der Waals surface area contributed by atoms with Crippen LogP contribution in [0.15, 0.2) is 12.8 Å². The van der Waals surface area contributed by atoms with Crippen LogP contribution in [0.5, 0.6) is 0 Å². The van der Waals surface area contributed by atoms with Gasteiger partial charge in [-0.25, -0.2) is 0 Å². The molecule has 6 heteroatoms. The Bertz CT molecular complexity index is 302. The van der Waals surface area contributed by atoms with Crippen LogP contribution < -0.4 is 0 Å².